The summed E-state index contributed by atoms with van der Waals surface area (Å²) in [6.45, 7) is 1.19. The predicted octanol–water partition coefficient (Wildman–Crippen LogP) is 3.34. The molecule has 4 rings (SSSR count). The lowest BCUT2D eigenvalue weighted by molar-refractivity contribution is 0.0666. The number of nitrogens with one attached hydrogen (secondary N) is 1. The zero-order valence-electron chi connectivity index (χ0n) is 16.8. The van der Waals surface area contributed by atoms with Crippen LogP contribution in [-0.4, -0.2) is 45.4 Å². The molecule has 0 unspecified atom stereocenters. The first-order chi connectivity index (χ1) is 14.6. The minimum atomic E-state index is -0.101. The molecular formula is C22H24N4O3S. The number of thioether (sulfide) groups is 1. The van der Waals surface area contributed by atoms with Gasteiger partial charge in [-0.1, -0.05) is 30.0 Å². The quantitative estimate of drug-likeness (QED) is 0.614. The van der Waals surface area contributed by atoms with Crippen LogP contribution in [0.25, 0.3) is 0 Å². The van der Waals surface area contributed by atoms with E-state index in [2.05, 4.69) is 10.3 Å². The van der Waals surface area contributed by atoms with E-state index >= 15 is 0 Å². The summed E-state index contributed by atoms with van der Waals surface area (Å²) in [4.78, 5) is 31.1. The van der Waals surface area contributed by atoms with Crippen LogP contribution in [0.1, 0.15) is 39.5 Å². The van der Waals surface area contributed by atoms with Crippen molar-refractivity contribution in [3.63, 3.8) is 0 Å². The van der Waals surface area contributed by atoms with Crippen molar-refractivity contribution in [1.29, 1.82) is 0 Å². The normalized spacial score (nSPS) is 14.6. The molecule has 30 heavy (non-hydrogen) atoms. The Hall–Kier alpha value is -3.00. The van der Waals surface area contributed by atoms with Crippen molar-refractivity contribution in [2.75, 3.05) is 13.1 Å². The van der Waals surface area contributed by atoms with Crippen molar-refractivity contribution in [2.45, 2.75) is 29.8 Å². The predicted molar refractivity (Wildman–Crippen MR) is 114 cm³/mol. The van der Waals surface area contributed by atoms with Crippen LogP contribution in [0.4, 0.5) is 0 Å². The van der Waals surface area contributed by atoms with Crippen molar-refractivity contribution >= 4 is 23.6 Å². The Morgan fingerprint density at radius 3 is 2.63 bits per heavy atom. The molecule has 0 radical (unpaired) electrons. The summed E-state index contributed by atoms with van der Waals surface area (Å²) in [7, 11) is 1.94. The van der Waals surface area contributed by atoms with E-state index < -0.39 is 0 Å². The molecule has 0 aliphatic carbocycles. The molecule has 1 aromatic carbocycles. The second-order valence-corrected chi connectivity index (χ2v) is 8.22. The summed E-state index contributed by atoms with van der Waals surface area (Å²) < 4.78 is 7.71. The molecule has 1 aliphatic heterocycles. The van der Waals surface area contributed by atoms with E-state index in [1.54, 1.807) is 41.1 Å². The molecule has 1 saturated heterocycles. The number of aryl methyl sites for hydroxylation is 1. The Bertz CT molecular complexity index is 1010. The van der Waals surface area contributed by atoms with Crippen LogP contribution < -0.4 is 5.32 Å². The maximum Gasteiger partial charge on any atom is 0.289 e. The highest BCUT2D eigenvalue weighted by atomic mass is 32.2. The first kappa shape index (κ1) is 20.3. The van der Waals surface area contributed by atoms with Gasteiger partial charge in [0.1, 0.15) is 5.76 Å². The van der Waals surface area contributed by atoms with Gasteiger partial charge in [-0.2, -0.15) is 0 Å². The summed E-state index contributed by atoms with van der Waals surface area (Å²) >= 11 is 1.56. The lowest BCUT2D eigenvalue weighted by Crippen LogP contribution is -2.46. The van der Waals surface area contributed by atoms with Crippen molar-refractivity contribution in [3.05, 3.63) is 71.9 Å². The second kappa shape index (κ2) is 9.21. The summed E-state index contributed by atoms with van der Waals surface area (Å²) in [6.07, 6.45) is 5.11. The number of furan rings is 1. The summed E-state index contributed by atoms with van der Waals surface area (Å²) in [5.41, 5.74) is 0.655. The van der Waals surface area contributed by atoms with Crippen molar-refractivity contribution < 1.29 is 14.0 Å². The molecule has 0 bridgehead atoms. The molecule has 3 heterocycles. The van der Waals surface area contributed by atoms with Crippen molar-refractivity contribution in [3.8, 4) is 0 Å². The third-order valence-corrected chi connectivity index (χ3v) is 6.23. The SMILES string of the molecule is Cn1ccnc1SCc1ccc(C(=O)N2CCC(NC(=O)c3ccccc3)CC2)o1. The smallest absolute Gasteiger partial charge is 0.289 e. The number of imidazole rings is 1. The number of amides is 2. The number of likely N-dealkylation sites (tertiary alicyclic amines) is 1. The molecular weight excluding hydrogens is 400 g/mol. The molecule has 8 heteroatoms. The molecule has 3 aromatic rings. The Balaban J connectivity index is 1.27. The monoisotopic (exact) mass is 424 g/mol. The van der Waals surface area contributed by atoms with Gasteiger partial charge in [-0.05, 0) is 37.1 Å². The summed E-state index contributed by atoms with van der Waals surface area (Å²) in [5.74, 6) is 1.55. The van der Waals surface area contributed by atoms with Crippen LogP contribution in [0.5, 0.6) is 0 Å². The molecule has 7 nitrogen and oxygen atoms in total. The number of carbonyl (C=O) groups excluding carboxylic acids is 2. The van der Waals surface area contributed by atoms with Gasteiger partial charge < -0.3 is 19.2 Å². The highest BCUT2D eigenvalue weighted by molar-refractivity contribution is 7.98. The molecule has 0 saturated carbocycles. The van der Waals surface area contributed by atoms with Gasteiger partial charge in [0.25, 0.3) is 11.8 Å². The van der Waals surface area contributed by atoms with Crippen LogP contribution in [-0.2, 0) is 12.8 Å². The molecule has 0 atom stereocenters. The maximum atomic E-state index is 12.8. The average molecular weight is 425 g/mol. The minimum Gasteiger partial charge on any atom is -0.455 e. The molecule has 2 amide bonds. The number of rotatable bonds is 6. The van der Waals surface area contributed by atoms with E-state index in [0.717, 1.165) is 23.8 Å². The number of hydrogen-bond acceptors (Lipinski definition) is 5. The van der Waals surface area contributed by atoms with Gasteiger partial charge in [0.15, 0.2) is 10.9 Å². The Kier molecular flexibility index (Phi) is 6.23. The summed E-state index contributed by atoms with van der Waals surface area (Å²) in [6, 6.07) is 12.8. The van der Waals surface area contributed by atoms with Crippen molar-refractivity contribution in [2.24, 2.45) is 7.05 Å². The molecule has 1 N–H and O–H groups in total. The fourth-order valence-corrected chi connectivity index (χ4v) is 4.26. The zero-order chi connectivity index (χ0) is 20.9. The summed E-state index contributed by atoms with van der Waals surface area (Å²) in [5, 5.41) is 3.96. The minimum absolute atomic E-state index is 0.0683. The first-order valence-electron chi connectivity index (χ1n) is 9.94. The van der Waals surface area contributed by atoms with Crippen LogP contribution in [0.2, 0.25) is 0 Å². The van der Waals surface area contributed by atoms with Gasteiger partial charge >= 0.3 is 0 Å². The van der Waals surface area contributed by atoms with Crippen LogP contribution in [0.3, 0.4) is 0 Å². The van der Waals surface area contributed by atoms with E-state index in [9.17, 15) is 9.59 Å². The van der Waals surface area contributed by atoms with Crippen LogP contribution >= 0.6 is 11.8 Å². The van der Waals surface area contributed by atoms with Gasteiger partial charge in [-0.15, -0.1) is 0 Å². The van der Waals surface area contributed by atoms with Gasteiger partial charge in [0.05, 0.1) is 5.75 Å². The molecule has 2 aromatic heterocycles. The number of hydrogen-bond donors (Lipinski definition) is 1. The number of aromatic nitrogens is 2. The zero-order valence-corrected chi connectivity index (χ0v) is 17.6. The third kappa shape index (κ3) is 4.76. The highest BCUT2D eigenvalue weighted by Gasteiger charge is 2.26. The molecule has 1 fully saturated rings. The Labute approximate surface area is 179 Å². The lowest BCUT2D eigenvalue weighted by Gasteiger charge is -2.31. The van der Waals surface area contributed by atoms with E-state index in [-0.39, 0.29) is 17.9 Å². The standard InChI is InChI=1S/C22H24N4O3S/c1-25-14-11-23-22(25)30-15-18-7-8-19(29-18)21(28)26-12-9-17(10-13-26)24-20(27)16-5-3-2-4-6-16/h2-8,11,14,17H,9-10,12-13,15H2,1H3,(H,24,27). The topological polar surface area (TPSA) is 80.4 Å². The number of carbonyl (C=O) groups is 2. The van der Waals surface area contributed by atoms with Gasteiger partial charge in [-0.3, -0.25) is 9.59 Å². The maximum absolute atomic E-state index is 12.8. The fraction of sp³-hybridized carbons (Fsp3) is 0.318. The van der Waals surface area contributed by atoms with E-state index in [1.807, 2.05) is 42.1 Å². The van der Waals surface area contributed by atoms with E-state index in [4.69, 9.17) is 4.42 Å². The fourth-order valence-electron chi connectivity index (χ4n) is 3.44. The average Bonchev–Trinajstić information content (AvgIpc) is 3.42. The largest absolute Gasteiger partial charge is 0.455 e. The third-order valence-electron chi connectivity index (χ3n) is 5.15. The first-order valence-corrected chi connectivity index (χ1v) is 10.9. The highest BCUT2D eigenvalue weighted by Crippen LogP contribution is 2.23. The van der Waals surface area contributed by atoms with Crippen molar-refractivity contribution in [1.82, 2.24) is 19.8 Å². The molecule has 156 valence electrons. The van der Waals surface area contributed by atoms with Gasteiger partial charge in [0.2, 0.25) is 0 Å². The van der Waals surface area contributed by atoms with Crippen LogP contribution in [0.15, 0.2) is 64.4 Å². The number of benzene rings is 1. The number of nitrogens with zero attached hydrogens (tertiary/aromatic N) is 3. The van der Waals surface area contributed by atoms with Gasteiger partial charge in [-0.25, -0.2) is 4.98 Å². The Morgan fingerprint density at radius 2 is 1.93 bits per heavy atom. The van der Waals surface area contributed by atoms with E-state index in [1.165, 1.54) is 0 Å². The molecule has 0 spiro atoms. The van der Waals surface area contributed by atoms with E-state index in [0.29, 0.717) is 30.2 Å². The Morgan fingerprint density at radius 1 is 1.17 bits per heavy atom. The lowest BCUT2D eigenvalue weighted by atomic mass is 10.0. The van der Waals surface area contributed by atoms with Gasteiger partial charge in [0, 0.05) is 44.1 Å². The van der Waals surface area contributed by atoms with Crippen LogP contribution in [0, 0.1) is 0 Å². The second-order valence-electron chi connectivity index (χ2n) is 7.28. The number of piperidine rings is 1. The molecule has 1 aliphatic rings.